The van der Waals surface area contributed by atoms with Crippen LogP contribution in [0.25, 0.3) is 0 Å². The molecule has 43 heavy (non-hydrogen) atoms. The number of amides is 2. The highest BCUT2D eigenvalue weighted by molar-refractivity contribution is 9.09. The van der Waals surface area contributed by atoms with Gasteiger partial charge in [0.15, 0.2) is 6.10 Å². The Bertz CT molecular complexity index is 1330. The number of halogens is 1. The summed E-state index contributed by atoms with van der Waals surface area (Å²) in [6.07, 6.45) is 1.38. The Hall–Kier alpha value is -4.10. The Morgan fingerprint density at radius 3 is 2.42 bits per heavy atom. The van der Waals surface area contributed by atoms with Gasteiger partial charge in [0.25, 0.3) is 0 Å². The molecular weight excluding hydrogens is 616 g/mol. The zero-order valence-electron chi connectivity index (χ0n) is 24.5. The number of ether oxygens (including phenoxy) is 3. The van der Waals surface area contributed by atoms with Gasteiger partial charge in [-0.25, -0.2) is 4.79 Å². The van der Waals surface area contributed by atoms with Gasteiger partial charge in [0.2, 0.25) is 11.8 Å². The van der Waals surface area contributed by atoms with E-state index in [1.165, 1.54) is 6.08 Å². The molecule has 0 aliphatic carbocycles. The predicted octanol–water partition coefficient (Wildman–Crippen LogP) is 3.87. The molecule has 0 aromatic heterocycles. The molecule has 228 valence electrons. The molecule has 10 heteroatoms. The minimum absolute atomic E-state index is 0.0346. The summed E-state index contributed by atoms with van der Waals surface area (Å²) in [6, 6.07) is 15.6. The molecule has 0 fully saturated rings. The molecule has 0 saturated carbocycles. The monoisotopic (exact) mass is 652 g/mol. The van der Waals surface area contributed by atoms with Gasteiger partial charge < -0.3 is 24.8 Å². The van der Waals surface area contributed by atoms with Crippen LogP contribution in [0.1, 0.15) is 44.2 Å². The van der Waals surface area contributed by atoms with E-state index < -0.39 is 46.8 Å². The molecule has 1 heterocycles. The molecule has 1 aliphatic rings. The number of cyclic esters (lactones) is 2. The van der Waals surface area contributed by atoms with Crippen LogP contribution in [-0.2, 0) is 35.1 Å². The van der Waals surface area contributed by atoms with Crippen LogP contribution in [-0.4, -0.2) is 60.5 Å². The van der Waals surface area contributed by atoms with Crippen molar-refractivity contribution in [3.63, 3.8) is 0 Å². The van der Waals surface area contributed by atoms with E-state index in [0.717, 1.165) is 11.1 Å². The van der Waals surface area contributed by atoms with Gasteiger partial charge in [0.05, 0.1) is 13.5 Å². The van der Waals surface area contributed by atoms with E-state index in [0.29, 0.717) is 5.75 Å². The summed E-state index contributed by atoms with van der Waals surface area (Å²) in [5, 5.41) is 5.42. The summed E-state index contributed by atoms with van der Waals surface area (Å²) in [7, 11) is 1.56. The summed E-state index contributed by atoms with van der Waals surface area (Å²) in [5.74, 6) is 4.50. The van der Waals surface area contributed by atoms with E-state index in [-0.39, 0.29) is 38.1 Å². The molecular formula is C33H37BrN2O7. The first-order valence-electron chi connectivity index (χ1n) is 14.1. The lowest BCUT2D eigenvalue weighted by Gasteiger charge is -2.24. The smallest absolute Gasteiger partial charge is 0.347 e. The third-order valence-corrected chi connectivity index (χ3v) is 7.26. The first-order chi connectivity index (χ1) is 20.6. The number of carbonyl (C=O) groups is 4. The van der Waals surface area contributed by atoms with Gasteiger partial charge in [-0.15, -0.1) is 0 Å². The van der Waals surface area contributed by atoms with Crippen molar-refractivity contribution in [2.24, 2.45) is 5.92 Å². The van der Waals surface area contributed by atoms with Crippen LogP contribution in [0.5, 0.6) is 5.75 Å². The van der Waals surface area contributed by atoms with Crippen molar-refractivity contribution in [1.29, 1.82) is 0 Å². The maximum atomic E-state index is 13.2. The van der Waals surface area contributed by atoms with Crippen molar-refractivity contribution in [1.82, 2.24) is 10.6 Å². The fraction of sp³-hybridized carbons (Fsp3) is 0.394. The van der Waals surface area contributed by atoms with Crippen molar-refractivity contribution in [2.45, 2.75) is 62.6 Å². The fourth-order valence-corrected chi connectivity index (χ4v) is 4.64. The highest BCUT2D eigenvalue weighted by atomic mass is 79.9. The second kappa shape index (κ2) is 17.1. The molecule has 2 aromatic rings. The van der Waals surface area contributed by atoms with Crippen LogP contribution in [0.15, 0.2) is 66.7 Å². The summed E-state index contributed by atoms with van der Waals surface area (Å²) in [5.41, 5.74) is 1.59. The molecule has 2 amide bonds. The van der Waals surface area contributed by atoms with Crippen molar-refractivity contribution in [3.8, 4) is 17.6 Å². The lowest BCUT2D eigenvalue weighted by atomic mass is 10.0. The molecule has 9 nitrogen and oxygen atoms in total. The summed E-state index contributed by atoms with van der Waals surface area (Å²) < 4.78 is 16.5. The number of methoxy groups -OCH3 is 1. The summed E-state index contributed by atoms with van der Waals surface area (Å²) >= 11 is 3.52. The average Bonchev–Trinajstić information content (AvgIpc) is 2.98. The van der Waals surface area contributed by atoms with Gasteiger partial charge >= 0.3 is 11.9 Å². The summed E-state index contributed by atoms with van der Waals surface area (Å²) in [6.45, 7) is 3.77. The number of hydrogen-bond donors (Lipinski definition) is 2. The number of esters is 2. The SMILES string of the molecule is COc1ccc(C[C@H]2NC(=O)/C=C/C[C@@H](C(Br)C#Cc3ccccc3)OC(=O)[C@H](CC(C)C)OC(=O)CCNC2=O)cc1. The second-order valence-electron chi connectivity index (χ2n) is 10.4. The third-order valence-electron chi connectivity index (χ3n) is 6.44. The van der Waals surface area contributed by atoms with E-state index in [1.807, 2.05) is 56.3 Å². The molecule has 1 aliphatic heterocycles. The molecule has 2 aromatic carbocycles. The molecule has 2 N–H and O–H groups in total. The Morgan fingerprint density at radius 1 is 1.02 bits per heavy atom. The van der Waals surface area contributed by atoms with Gasteiger partial charge in [-0.3, -0.25) is 14.4 Å². The standard InChI is InChI=1S/C33H37BrN2O7/c1-22(2)20-29-33(40)43-28(26(34)17-14-23-8-5-4-6-9-23)10-7-11-30(37)36-27(32(39)35-19-18-31(38)42-29)21-24-12-15-25(41-3)16-13-24/h4-9,11-13,15-16,22,26-29H,10,18-21H2,1-3H3,(H,35,39)(H,36,37)/b11-7+/t26?,27-,28+,29+/m1/s1. The first kappa shape index (κ1) is 33.4. The minimum Gasteiger partial charge on any atom is -0.497 e. The molecule has 0 saturated heterocycles. The molecule has 3 rings (SSSR count). The topological polar surface area (TPSA) is 120 Å². The Morgan fingerprint density at radius 2 is 1.74 bits per heavy atom. The molecule has 0 bridgehead atoms. The zero-order chi connectivity index (χ0) is 31.2. The number of rotatable bonds is 6. The van der Waals surface area contributed by atoms with Gasteiger partial charge in [-0.05, 0) is 48.2 Å². The van der Waals surface area contributed by atoms with Crippen LogP contribution in [0.3, 0.4) is 0 Å². The Balaban J connectivity index is 1.85. The Labute approximate surface area is 260 Å². The van der Waals surface area contributed by atoms with Crippen LogP contribution >= 0.6 is 15.9 Å². The van der Waals surface area contributed by atoms with E-state index in [2.05, 4.69) is 38.4 Å². The maximum Gasteiger partial charge on any atom is 0.347 e. The molecule has 1 unspecified atom stereocenters. The summed E-state index contributed by atoms with van der Waals surface area (Å²) in [4.78, 5) is 51.2. The highest BCUT2D eigenvalue weighted by Crippen LogP contribution is 2.19. The maximum absolute atomic E-state index is 13.2. The fourth-order valence-electron chi connectivity index (χ4n) is 4.20. The van der Waals surface area contributed by atoms with E-state index in [9.17, 15) is 19.2 Å². The molecule has 4 atom stereocenters. The number of carbonyl (C=O) groups excluding carboxylic acids is 4. The highest BCUT2D eigenvalue weighted by Gasteiger charge is 2.30. The molecule has 0 radical (unpaired) electrons. The van der Waals surface area contributed by atoms with E-state index >= 15 is 0 Å². The van der Waals surface area contributed by atoms with Gasteiger partial charge in [-0.1, -0.05) is 78.0 Å². The second-order valence-corrected chi connectivity index (χ2v) is 11.4. The van der Waals surface area contributed by atoms with Crippen LogP contribution < -0.4 is 15.4 Å². The van der Waals surface area contributed by atoms with Gasteiger partial charge in [0.1, 0.15) is 22.7 Å². The number of alkyl halides is 1. The predicted molar refractivity (Wildman–Crippen MR) is 165 cm³/mol. The van der Waals surface area contributed by atoms with Crippen molar-refractivity contribution >= 4 is 39.7 Å². The van der Waals surface area contributed by atoms with Crippen molar-refractivity contribution < 1.29 is 33.4 Å². The molecule has 0 spiro atoms. The van der Waals surface area contributed by atoms with Crippen LogP contribution in [0.2, 0.25) is 0 Å². The average molecular weight is 654 g/mol. The van der Waals surface area contributed by atoms with Crippen molar-refractivity contribution in [3.05, 3.63) is 77.9 Å². The lowest BCUT2D eigenvalue weighted by molar-refractivity contribution is -0.172. The van der Waals surface area contributed by atoms with Gasteiger partial charge in [-0.2, -0.15) is 0 Å². The number of hydrogen-bond acceptors (Lipinski definition) is 7. The zero-order valence-corrected chi connectivity index (χ0v) is 26.1. The van der Waals surface area contributed by atoms with Crippen LogP contribution in [0.4, 0.5) is 0 Å². The van der Waals surface area contributed by atoms with E-state index in [4.69, 9.17) is 14.2 Å². The largest absolute Gasteiger partial charge is 0.497 e. The lowest BCUT2D eigenvalue weighted by Crippen LogP contribution is -2.48. The van der Waals surface area contributed by atoms with Gasteiger partial charge in [0, 0.05) is 24.9 Å². The Kier molecular flexibility index (Phi) is 13.3. The third kappa shape index (κ3) is 11.6. The quantitative estimate of drug-likeness (QED) is 0.276. The number of benzene rings is 2. The number of nitrogens with one attached hydrogen (secondary N) is 2. The first-order valence-corrected chi connectivity index (χ1v) is 15.0. The normalized spacial score (nSPS) is 21.7. The van der Waals surface area contributed by atoms with E-state index in [1.54, 1.807) is 25.3 Å². The van der Waals surface area contributed by atoms with Crippen molar-refractivity contribution in [2.75, 3.05) is 13.7 Å². The minimum atomic E-state index is -1.13. The van der Waals surface area contributed by atoms with Crippen LogP contribution in [0, 0.1) is 17.8 Å².